The first-order chi connectivity index (χ1) is 6.15. The number of carbonyl (C=O) groups is 1. The van der Waals surface area contributed by atoms with Crippen molar-refractivity contribution in [3.05, 3.63) is 0 Å². The van der Waals surface area contributed by atoms with E-state index in [9.17, 15) is 4.79 Å². The van der Waals surface area contributed by atoms with Crippen LogP contribution in [-0.2, 0) is 4.79 Å². The summed E-state index contributed by atoms with van der Waals surface area (Å²) in [6.45, 7) is 5.51. The number of amides is 1. The fraction of sp³-hybridized carbons (Fsp3) is 0.778. The van der Waals surface area contributed by atoms with Gasteiger partial charge in [0.15, 0.2) is 0 Å². The van der Waals surface area contributed by atoms with Gasteiger partial charge in [-0.15, -0.1) is 0 Å². The number of hydrogen-bond donors (Lipinski definition) is 0. The van der Waals surface area contributed by atoms with Crippen molar-refractivity contribution in [2.75, 3.05) is 13.1 Å². The standard InChI is InChI=1S/C9H15BN2O/c1-8(2)9(13)12-5-3-10(7-11)4-6-12/h8H,3-6H2,1-2H3. The van der Waals surface area contributed by atoms with Crippen LogP contribution in [0.15, 0.2) is 0 Å². The SMILES string of the molecule is CC(C)C(=O)N1CCB(C#N)CC1. The molecule has 1 aliphatic rings. The first-order valence-electron chi connectivity index (χ1n) is 4.83. The predicted octanol–water partition coefficient (Wildman–Crippen LogP) is 1.04. The molecule has 0 aromatic heterocycles. The highest BCUT2D eigenvalue weighted by atomic mass is 16.2. The Kier molecular flexibility index (Phi) is 3.35. The average molecular weight is 178 g/mol. The fourth-order valence-electron chi connectivity index (χ4n) is 1.59. The molecular weight excluding hydrogens is 163 g/mol. The summed E-state index contributed by atoms with van der Waals surface area (Å²) in [4.78, 5) is 13.4. The Morgan fingerprint density at radius 1 is 1.46 bits per heavy atom. The third-order valence-electron chi connectivity index (χ3n) is 2.48. The third-order valence-corrected chi connectivity index (χ3v) is 2.48. The molecule has 4 heteroatoms. The van der Waals surface area contributed by atoms with Crippen LogP contribution in [-0.4, -0.2) is 30.6 Å². The van der Waals surface area contributed by atoms with Gasteiger partial charge in [-0.3, -0.25) is 4.79 Å². The number of hydrogen-bond acceptors (Lipinski definition) is 2. The first kappa shape index (κ1) is 10.1. The average Bonchev–Trinajstić information content (AvgIpc) is 2.17. The molecule has 1 fully saturated rings. The van der Waals surface area contributed by atoms with Gasteiger partial charge in [0.05, 0.1) is 0 Å². The molecule has 0 radical (unpaired) electrons. The molecule has 3 nitrogen and oxygen atoms in total. The van der Waals surface area contributed by atoms with Gasteiger partial charge in [-0.2, -0.15) is 0 Å². The van der Waals surface area contributed by atoms with Crippen LogP contribution in [0.3, 0.4) is 0 Å². The molecule has 0 aromatic carbocycles. The molecule has 0 aromatic rings. The van der Waals surface area contributed by atoms with E-state index in [2.05, 4.69) is 5.97 Å². The normalized spacial score (nSPS) is 17.4. The number of nitrogens with zero attached hydrogens (tertiary/aromatic N) is 2. The smallest absolute Gasteiger partial charge is 0.271 e. The summed E-state index contributed by atoms with van der Waals surface area (Å²) in [6.07, 6.45) is 1.68. The van der Waals surface area contributed by atoms with E-state index in [1.165, 1.54) is 0 Å². The number of carbonyl (C=O) groups excluding carboxylic acids is 1. The van der Waals surface area contributed by atoms with E-state index in [0.29, 0.717) is 0 Å². The van der Waals surface area contributed by atoms with Crippen molar-refractivity contribution in [1.82, 2.24) is 4.90 Å². The summed E-state index contributed by atoms with van der Waals surface area (Å²) < 4.78 is 0. The predicted molar refractivity (Wildman–Crippen MR) is 52.4 cm³/mol. The summed E-state index contributed by atoms with van der Waals surface area (Å²) in [7, 11) is 0. The summed E-state index contributed by atoms with van der Waals surface area (Å²) in [5.74, 6) is 2.56. The molecule has 1 heterocycles. The van der Waals surface area contributed by atoms with E-state index < -0.39 is 0 Å². The Labute approximate surface area is 79.8 Å². The Bertz CT molecular complexity index is 226. The molecule has 13 heavy (non-hydrogen) atoms. The Balaban J connectivity index is 2.42. The maximum atomic E-state index is 11.5. The molecule has 1 amide bonds. The molecule has 70 valence electrons. The van der Waals surface area contributed by atoms with Gasteiger partial charge in [0.1, 0.15) is 0 Å². The van der Waals surface area contributed by atoms with Crippen LogP contribution >= 0.6 is 0 Å². The quantitative estimate of drug-likeness (QED) is 0.563. The Morgan fingerprint density at radius 3 is 2.38 bits per heavy atom. The van der Waals surface area contributed by atoms with Crippen LogP contribution in [0.1, 0.15) is 13.8 Å². The summed E-state index contributed by atoms with van der Waals surface area (Å²) >= 11 is 0. The third kappa shape index (κ3) is 2.48. The van der Waals surface area contributed by atoms with Gasteiger partial charge in [0.25, 0.3) is 6.71 Å². The zero-order valence-corrected chi connectivity index (χ0v) is 8.29. The number of nitriles is 1. The Morgan fingerprint density at radius 2 is 2.00 bits per heavy atom. The molecule has 0 spiro atoms. The largest absolute Gasteiger partial charge is 0.344 e. The second-order valence-electron chi connectivity index (χ2n) is 3.88. The summed E-state index contributed by atoms with van der Waals surface area (Å²) in [6, 6.07) is 0. The fourth-order valence-corrected chi connectivity index (χ4v) is 1.59. The van der Waals surface area contributed by atoms with E-state index >= 15 is 0 Å². The topological polar surface area (TPSA) is 44.1 Å². The van der Waals surface area contributed by atoms with Gasteiger partial charge in [0.2, 0.25) is 5.91 Å². The lowest BCUT2D eigenvalue weighted by Gasteiger charge is -2.29. The van der Waals surface area contributed by atoms with E-state index in [1.807, 2.05) is 18.7 Å². The second-order valence-corrected chi connectivity index (χ2v) is 3.88. The minimum absolute atomic E-state index is 0.0821. The van der Waals surface area contributed by atoms with Crippen molar-refractivity contribution < 1.29 is 4.79 Å². The van der Waals surface area contributed by atoms with Crippen molar-refractivity contribution in [2.45, 2.75) is 26.5 Å². The molecule has 0 bridgehead atoms. The van der Waals surface area contributed by atoms with Crippen molar-refractivity contribution in [3.8, 4) is 5.97 Å². The maximum Gasteiger partial charge on any atom is 0.271 e. The zero-order valence-electron chi connectivity index (χ0n) is 8.29. The first-order valence-corrected chi connectivity index (χ1v) is 4.83. The van der Waals surface area contributed by atoms with E-state index in [1.54, 1.807) is 0 Å². The highest BCUT2D eigenvalue weighted by Crippen LogP contribution is 2.13. The van der Waals surface area contributed by atoms with E-state index in [4.69, 9.17) is 5.26 Å². The van der Waals surface area contributed by atoms with Gasteiger partial charge in [-0.05, 0) is 12.6 Å². The molecule has 0 saturated carbocycles. The highest BCUT2D eigenvalue weighted by Gasteiger charge is 2.26. The van der Waals surface area contributed by atoms with Gasteiger partial charge in [0, 0.05) is 25.0 Å². The van der Waals surface area contributed by atoms with Crippen molar-refractivity contribution in [1.29, 1.82) is 5.26 Å². The van der Waals surface area contributed by atoms with Crippen molar-refractivity contribution >= 4 is 12.6 Å². The molecular formula is C9H15BN2O. The zero-order chi connectivity index (χ0) is 9.84. The highest BCUT2D eigenvalue weighted by molar-refractivity contribution is 6.67. The van der Waals surface area contributed by atoms with Crippen LogP contribution < -0.4 is 0 Å². The van der Waals surface area contributed by atoms with Crippen molar-refractivity contribution in [2.24, 2.45) is 5.92 Å². The second kappa shape index (κ2) is 4.31. The molecule has 0 N–H and O–H groups in total. The van der Waals surface area contributed by atoms with E-state index in [0.717, 1.165) is 25.7 Å². The lowest BCUT2D eigenvalue weighted by Crippen LogP contribution is -2.42. The monoisotopic (exact) mass is 178 g/mol. The molecule has 0 unspecified atom stereocenters. The van der Waals surface area contributed by atoms with Gasteiger partial charge < -0.3 is 4.90 Å². The minimum atomic E-state index is 0.0821. The maximum absolute atomic E-state index is 11.5. The molecule has 0 atom stereocenters. The number of rotatable bonds is 1. The lowest BCUT2D eigenvalue weighted by atomic mass is 9.45. The summed E-state index contributed by atoms with van der Waals surface area (Å²) in [5, 5.41) is 8.67. The minimum Gasteiger partial charge on any atom is -0.344 e. The van der Waals surface area contributed by atoms with Gasteiger partial charge in [-0.25, -0.2) is 5.26 Å². The molecule has 0 aliphatic carbocycles. The van der Waals surface area contributed by atoms with Gasteiger partial charge >= 0.3 is 0 Å². The summed E-state index contributed by atoms with van der Waals surface area (Å²) in [5.41, 5.74) is 0. The molecule has 1 aliphatic heterocycles. The lowest BCUT2D eigenvalue weighted by molar-refractivity contribution is -0.134. The van der Waals surface area contributed by atoms with Crippen molar-refractivity contribution in [3.63, 3.8) is 0 Å². The van der Waals surface area contributed by atoms with E-state index in [-0.39, 0.29) is 18.5 Å². The van der Waals surface area contributed by atoms with Crippen LogP contribution in [0.25, 0.3) is 0 Å². The van der Waals surface area contributed by atoms with Gasteiger partial charge in [-0.1, -0.05) is 13.8 Å². The van der Waals surface area contributed by atoms with Crippen LogP contribution in [0.4, 0.5) is 0 Å². The Hall–Kier alpha value is -0.975. The van der Waals surface area contributed by atoms with Crippen LogP contribution in [0.5, 0.6) is 0 Å². The van der Waals surface area contributed by atoms with Crippen LogP contribution in [0, 0.1) is 17.1 Å². The molecule has 1 rings (SSSR count). The molecule has 1 saturated heterocycles. The van der Waals surface area contributed by atoms with Crippen LogP contribution in [0.2, 0.25) is 12.6 Å².